The summed E-state index contributed by atoms with van der Waals surface area (Å²) in [5.74, 6) is -1.16. The molecule has 0 radical (unpaired) electrons. The van der Waals surface area contributed by atoms with Gasteiger partial charge in [-0.3, -0.25) is 0 Å². The Labute approximate surface area is 128 Å². The second-order valence-corrected chi connectivity index (χ2v) is 5.26. The number of carbonyl (C=O) groups is 1. The van der Waals surface area contributed by atoms with Crippen LogP contribution < -0.4 is 4.74 Å². The smallest absolute Gasteiger partial charge is 0.336 e. The number of aromatic carboxylic acids is 1. The lowest BCUT2D eigenvalue weighted by Crippen LogP contribution is -2.01. The van der Waals surface area contributed by atoms with Gasteiger partial charge in [0.1, 0.15) is 18.2 Å². The van der Waals surface area contributed by atoms with Crippen LogP contribution in [0.1, 0.15) is 15.9 Å². The second kappa shape index (κ2) is 6.24. The molecule has 0 heterocycles. The minimum Gasteiger partial charge on any atom is -0.489 e. The summed E-state index contributed by atoms with van der Waals surface area (Å²) in [4.78, 5) is 11.0. The van der Waals surface area contributed by atoms with E-state index in [2.05, 4.69) is 15.9 Å². The van der Waals surface area contributed by atoms with Crippen LogP contribution in [-0.4, -0.2) is 11.1 Å². The fraction of sp³-hybridized carbons (Fsp3) is 0.0714. The Morgan fingerprint density at radius 2 is 2.05 bits per heavy atom. The molecule has 0 unspecified atom stereocenters. The fourth-order valence-electron chi connectivity index (χ4n) is 1.57. The van der Waals surface area contributed by atoms with Crippen LogP contribution in [0, 0.1) is 5.82 Å². The van der Waals surface area contributed by atoms with Gasteiger partial charge in [0.2, 0.25) is 0 Å². The lowest BCUT2D eigenvalue weighted by atomic mass is 10.2. The lowest BCUT2D eigenvalue weighted by molar-refractivity contribution is 0.0695. The number of hydrogen-bond donors (Lipinski definition) is 1. The topological polar surface area (TPSA) is 46.5 Å². The van der Waals surface area contributed by atoms with Crippen molar-refractivity contribution in [2.75, 3.05) is 0 Å². The predicted octanol–water partition coefficient (Wildman–Crippen LogP) is 4.52. The Morgan fingerprint density at radius 1 is 1.30 bits per heavy atom. The van der Waals surface area contributed by atoms with Crippen LogP contribution in [0.4, 0.5) is 4.39 Å². The minimum atomic E-state index is -1.07. The third-order valence-electron chi connectivity index (χ3n) is 2.57. The zero-order valence-electron chi connectivity index (χ0n) is 10.1. The third-order valence-corrected chi connectivity index (χ3v) is 3.50. The van der Waals surface area contributed by atoms with Crippen molar-refractivity contribution >= 4 is 33.5 Å². The number of benzene rings is 2. The summed E-state index contributed by atoms with van der Waals surface area (Å²) >= 11 is 8.91. The van der Waals surface area contributed by atoms with Gasteiger partial charge >= 0.3 is 5.97 Å². The molecule has 0 amide bonds. The van der Waals surface area contributed by atoms with E-state index in [4.69, 9.17) is 21.4 Å². The fourth-order valence-corrected chi connectivity index (χ4v) is 2.18. The maximum atomic E-state index is 13.5. The van der Waals surface area contributed by atoms with Gasteiger partial charge < -0.3 is 9.84 Å². The van der Waals surface area contributed by atoms with Crippen molar-refractivity contribution < 1.29 is 19.0 Å². The molecule has 0 atom stereocenters. The molecule has 0 aliphatic rings. The van der Waals surface area contributed by atoms with Gasteiger partial charge in [-0.05, 0) is 52.3 Å². The molecule has 0 saturated heterocycles. The molecule has 104 valence electrons. The van der Waals surface area contributed by atoms with Crippen molar-refractivity contribution in [1.29, 1.82) is 0 Å². The van der Waals surface area contributed by atoms with Crippen LogP contribution in [0.2, 0.25) is 5.02 Å². The summed E-state index contributed by atoms with van der Waals surface area (Å²) in [6.45, 7) is -0.0346. The number of ether oxygens (including phenoxy) is 1. The van der Waals surface area contributed by atoms with Gasteiger partial charge in [-0.15, -0.1) is 0 Å². The predicted molar refractivity (Wildman–Crippen MR) is 76.8 cm³/mol. The molecule has 0 aromatic heterocycles. The van der Waals surface area contributed by atoms with Crippen molar-refractivity contribution in [2.24, 2.45) is 0 Å². The Bertz CT molecular complexity index is 661. The van der Waals surface area contributed by atoms with Crippen LogP contribution in [0.5, 0.6) is 5.75 Å². The van der Waals surface area contributed by atoms with Crippen LogP contribution >= 0.6 is 27.5 Å². The highest BCUT2D eigenvalue weighted by Gasteiger charge is 2.10. The molecular formula is C14H9BrClFO3. The SMILES string of the molecule is O=C(O)c1cc(OCc2cc(Cl)ccc2F)ccc1Br. The number of carboxylic acids is 1. The van der Waals surface area contributed by atoms with E-state index in [-0.39, 0.29) is 12.2 Å². The number of hydrogen-bond acceptors (Lipinski definition) is 2. The summed E-state index contributed by atoms with van der Waals surface area (Å²) in [5.41, 5.74) is 0.381. The zero-order valence-corrected chi connectivity index (χ0v) is 12.4. The molecule has 0 aliphatic heterocycles. The zero-order chi connectivity index (χ0) is 14.7. The number of rotatable bonds is 4. The summed E-state index contributed by atoms with van der Waals surface area (Å²) in [5, 5.41) is 9.40. The molecule has 0 saturated carbocycles. The van der Waals surface area contributed by atoms with Gasteiger partial charge in [-0.1, -0.05) is 11.6 Å². The average molecular weight is 360 g/mol. The molecule has 0 fully saturated rings. The van der Waals surface area contributed by atoms with Gasteiger partial charge in [-0.2, -0.15) is 0 Å². The Kier molecular flexibility index (Phi) is 4.62. The number of halogens is 3. The summed E-state index contributed by atoms with van der Waals surface area (Å²) in [7, 11) is 0. The normalized spacial score (nSPS) is 10.3. The van der Waals surface area contributed by atoms with Crippen molar-refractivity contribution in [3.8, 4) is 5.75 Å². The van der Waals surface area contributed by atoms with Gasteiger partial charge in [-0.25, -0.2) is 9.18 Å². The molecule has 2 aromatic carbocycles. The monoisotopic (exact) mass is 358 g/mol. The molecule has 2 rings (SSSR count). The molecule has 20 heavy (non-hydrogen) atoms. The summed E-state index contributed by atoms with van der Waals surface area (Å²) in [6, 6.07) is 8.70. The first-order valence-electron chi connectivity index (χ1n) is 5.57. The second-order valence-electron chi connectivity index (χ2n) is 3.97. The molecule has 2 aromatic rings. The van der Waals surface area contributed by atoms with Gasteiger partial charge in [0.15, 0.2) is 0 Å². The van der Waals surface area contributed by atoms with E-state index in [1.807, 2.05) is 0 Å². The van der Waals surface area contributed by atoms with E-state index in [0.29, 0.717) is 20.8 Å². The van der Waals surface area contributed by atoms with E-state index in [1.54, 1.807) is 12.1 Å². The highest BCUT2D eigenvalue weighted by molar-refractivity contribution is 9.10. The molecule has 1 N–H and O–H groups in total. The summed E-state index contributed by atoms with van der Waals surface area (Å²) < 4.78 is 19.3. The lowest BCUT2D eigenvalue weighted by Gasteiger charge is -2.09. The van der Waals surface area contributed by atoms with Crippen molar-refractivity contribution in [3.05, 3.63) is 62.8 Å². The molecule has 0 bridgehead atoms. The van der Waals surface area contributed by atoms with E-state index >= 15 is 0 Å². The van der Waals surface area contributed by atoms with Crippen LogP contribution in [0.25, 0.3) is 0 Å². The largest absolute Gasteiger partial charge is 0.489 e. The maximum Gasteiger partial charge on any atom is 0.336 e. The van der Waals surface area contributed by atoms with Gasteiger partial charge in [0.25, 0.3) is 0 Å². The maximum absolute atomic E-state index is 13.5. The molecule has 3 nitrogen and oxygen atoms in total. The quantitative estimate of drug-likeness (QED) is 0.873. The Morgan fingerprint density at radius 3 is 2.75 bits per heavy atom. The first kappa shape index (κ1) is 14.8. The Hall–Kier alpha value is -1.59. The van der Waals surface area contributed by atoms with E-state index < -0.39 is 11.8 Å². The molecule has 0 aliphatic carbocycles. The third kappa shape index (κ3) is 3.49. The van der Waals surface area contributed by atoms with E-state index in [9.17, 15) is 9.18 Å². The van der Waals surface area contributed by atoms with Gasteiger partial charge in [0.05, 0.1) is 5.56 Å². The van der Waals surface area contributed by atoms with Crippen molar-refractivity contribution in [3.63, 3.8) is 0 Å². The van der Waals surface area contributed by atoms with Crippen LogP contribution in [0.15, 0.2) is 40.9 Å². The Balaban J connectivity index is 2.17. The summed E-state index contributed by atoms with van der Waals surface area (Å²) in [6.07, 6.45) is 0. The minimum absolute atomic E-state index is 0.0346. The first-order chi connectivity index (χ1) is 9.47. The van der Waals surface area contributed by atoms with E-state index in [0.717, 1.165) is 0 Å². The van der Waals surface area contributed by atoms with E-state index in [1.165, 1.54) is 24.3 Å². The van der Waals surface area contributed by atoms with Crippen molar-refractivity contribution in [1.82, 2.24) is 0 Å². The molecular weight excluding hydrogens is 351 g/mol. The molecule has 0 spiro atoms. The van der Waals surface area contributed by atoms with Gasteiger partial charge in [0, 0.05) is 15.1 Å². The standard InChI is InChI=1S/C14H9BrClFO3/c15-12-3-2-10(6-11(12)14(18)19)20-7-8-5-9(16)1-4-13(8)17/h1-6H,7H2,(H,18,19). The average Bonchev–Trinajstić information content (AvgIpc) is 2.41. The number of carboxylic acid groups (broad SMARTS) is 1. The van der Waals surface area contributed by atoms with Crippen LogP contribution in [0.3, 0.4) is 0 Å². The first-order valence-corrected chi connectivity index (χ1v) is 6.74. The highest BCUT2D eigenvalue weighted by Crippen LogP contribution is 2.24. The molecule has 6 heteroatoms. The highest BCUT2D eigenvalue weighted by atomic mass is 79.9. The van der Waals surface area contributed by atoms with Crippen LogP contribution in [-0.2, 0) is 6.61 Å². The van der Waals surface area contributed by atoms with Crippen molar-refractivity contribution in [2.45, 2.75) is 6.61 Å².